The summed E-state index contributed by atoms with van der Waals surface area (Å²) in [7, 11) is 0. The van der Waals surface area contributed by atoms with Crippen molar-refractivity contribution < 1.29 is 0 Å². The quantitative estimate of drug-likeness (QED) is 0.754. The molecule has 4 N–H and O–H groups in total. The standard InChI is InChI=1S/C10H10Cl2N4/c11-7-1-2-9(12)8(5-7)10(13)6-15-3-4-16(10)14/h1-6H,13-14H2. The summed E-state index contributed by atoms with van der Waals surface area (Å²) < 4.78 is 0. The van der Waals surface area contributed by atoms with Gasteiger partial charge in [0.25, 0.3) is 0 Å². The number of hydrazine groups is 1. The molecule has 16 heavy (non-hydrogen) atoms. The highest BCUT2D eigenvalue weighted by Crippen LogP contribution is 2.30. The van der Waals surface area contributed by atoms with Crippen molar-refractivity contribution in [1.82, 2.24) is 5.01 Å². The van der Waals surface area contributed by atoms with Gasteiger partial charge in [0.15, 0.2) is 5.66 Å². The van der Waals surface area contributed by atoms with Gasteiger partial charge in [-0.15, -0.1) is 0 Å². The Kier molecular flexibility index (Phi) is 2.90. The fraction of sp³-hybridized carbons (Fsp3) is 0.100. The van der Waals surface area contributed by atoms with E-state index in [2.05, 4.69) is 4.99 Å². The number of aliphatic imine (C=N–C) groups is 1. The maximum Gasteiger partial charge on any atom is 0.166 e. The average Bonchev–Trinajstić information content (AvgIpc) is 2.26. The van der Waals surface area contributed by atoms with E-state index in [9.17, 15) is 0 Å². The molecule has 0 aliphatic carbocycles. The van der Waals surface area contributed by atoms with Crippen molar-refractivity contribution in [3.05, 3.63) is 46.2 Å². The van der Waals surface area contributed by atoms with Crippen molar-refractivity contribution in [2.45, 2.75) is 5.66 Å². The van der Waals surface area contributed by atoms with E-state index in [0.717, 1.165) is 0 Å². The van der Waals surface area contributed by atoms with Crippen molar-refractivity contribution in [3.63, 3.8) is 0 Å². The van der Waals surface area contributed by atoms with Crippen LogP contribution in [0.5, 0.6) is 0 Å². The molecule has 0 fully saturated rings. The van der Waals surface area contributed by atoms with E-state index in [1.165, 1.54) is 11.2 Å². The Labute approximate surface area is 103 Å². The van der Waals surface area contributed by atoms with Crippen LogP contribution in [-0.2, 0) is 5.66 Å². The van der Waals surface area contributed by atoms with Gasteiger partial charge in [-0.1, -0.05) is 23.2 Å². The van der Waals surface area contributed by atoms with Gasteiger partial charge in [-0.25, -0.2) is 5.84 Å². The first-order chi connectivity index (χ1) is 7.54. The molecule has 0 saturated heterocycles. The molecule has 84 valence electrons. The van der Waals surface area contributed by atoms with Crippen LogP contribution in [0.3, 0.4) is 0 Å². The Morgan fingerprint density at radius 3 is 2.75 bits per heavy atom. The molecule has 1 aromatic carbocycles. The molecule has 0 radical (unpaired) electrons. The molecule has 0 bridgehead atoms. The van der Waals surface area contributed by atoms with Gasteiger partial charge in [-0.3, -0.25) is 15.7 Å². The predicted octanol–water partition coefficient (Wildman–Crippen LogP) is 1.84. The predicted molar refractivity (Wildman–Crippen MR) is 66.0 cm³/mol. The molecule has 6 heteroatoms. The van der Waals surface area contributed by atoms with Gasteiger partial charge in [-0.2, -0.15) is 0 Å². The summed E-state index contributed by atoms with van der Waals surface area (Å²) in [6, 6.07) is 5.04. The zero-order chi connectivity index (χ0) is 11.8. The Balaban J connectivity index is 2.54. The number of benzene rings is 1. The minimum Gasteiger partial charge on any atom is -0.299 e. The third-order valence-electron chi connectivity index (χ3n) is 2.37. The third kappa shape index (κ3) is 1.81. The van der Waals surface area contributed by atoms with Crippen molar-refractivity contribution in [2.24, 2.45) is 16.6 Å². The lowest BCUT2D eigenvalue weighted by molar-refractivity contribution is 0.232. The summed E-state index contributed by atoms with van der Waals surface area (Å²) in [5.74, 6) is 5.79. The van der Waals surface area contributed by atoms with Crippen LogP contribution in [0.15, 0.2) is 35.6 Å². The number of hydrogen-bond acceptors (Lipinski definition) is 4. The van der Waals surface area contributed by atoms with Crippen LogP contribution in [0.1, 0.15) is 5.56 Å². The van der Waals surface area contributed by atoms with Gasteiger partial charge < -0.3 is 0 Å². The minimum atomic E-state index is -1.07. The first-order valence-electron chi connectivity index (χ1n) is 4.53. The molecular weight excluding hydrogens is 247 g/mol. The summed E-state index contributed by atoms with van der Waals surface area (Å²) in [6.45, 7) is 0. The molecule has 0 aromatic heterocycles. The number of hydrogen-bond donors (Lipinski definition) is 2. The molecule has 1 aromatic rings. The minimum absolute atomic E-state index is 0.490. The van der Waals surface area contributed by atoms with Gasteiger partial charge in [0.1, 0.15) is 0 Å². The average molecular weight is 257 g/mol. The molecule has 0 spiro atoms. The number of nitrogens with two attached hydrogens (primary N) is 2. The van der Waals surface area contributed by atoms with Crippen molar-refractivity contribution in [2.75, 3.05) is 0 Å². The van der Waals surface area contributed by atoms with Gasteiger partial charge in [-0.05, 0) is 18.2 Å². The van der Waals surface area contributed by atoms with E-state index < -0.39 is 5.66 Å². The molecule has 1 atom stereocenters. The Morgan fingerprint density at radius 1 is 1.31 bits per heavy atom. The second-order valence-electron chi connectivity index (χ2n) is 3.43. The second-order valence-corrected chi connectivity index (χ2v) is 4.28. The van der Waals surface area contributed by atoms with Crippen molar-refractivity contribution in [3.8, 4) is 0 Å². The van der Waals surface area contributed by atoms with Gasteiger partial charge in [0, 0.05) is 28.0 Å². The Bertz CT molecular complexity index is 472. The fourth-order valence-corrected chi connectivity index (χ4v) is 1.91. The van der Waals surface area contributed by atoms with Crippen LogP contribution in [0, 0.1) is 0 Å². The lowest BCUT2D eigenvalue weighted by Gasteiger charge is -2.36. The Hall–Kier alpha value is -1.07. The molecule has 0 amide bonds. The van der Waals surface area contributed by atoms with Crippen molar-refractivity contribution in [1.29, 1.82) is 0 Å². The first-order valence-corrected chi connectivity index (χ1v) is 5.29. The molecule has 4 nitrogen and oxygen atoms in total. The lowest BCUT2D eigenvalue weighted by atomic mass is 10.0. The van der Waals surface area contributed by atoms with Crippen LogP contribution in [0.2, 0.25) is 10.0 Å². The molecule has 2 rings (SSSR count). The van der Waals surface area contributed by atoms with E-state index in [1.54, 1.807) is 30.6 Å². The van der Waals surface area contributed by atoms with Crippen molar-refractivity contribution >= 4 is 29.4 Å². The normalized spacial score (nSPS) is 23.9. The number of rotatable bonds is 1. The first kappa shape index (κ1) is 11.4. The SMILES string of the molecule is NN1C=CN=CC1(N)c1cc(Cl)ccc1Cl. The van der Waals surface area contributed by atoms with Gasteiger partial charge in [0.2, 0.25) is 0 Å². The molecule has 1 unspecified atom stereocenters. The highest BCUT2D eigenvalue weighted by Gasteiger charge is 2.33. The van der Waals surface area contributed by atoms with Gasteiger partial charge in [0.05, 0.1) is 6.21 Å². The van der Waals surface area contributed by atoms with E-state index in [4.69, 9.17) is 34.8 Å². The van der Waals surface area contributed by atoms with Crippen LogP contribution >= 0.6 is 23.2 Å². The summed E-state index contributed by atoms with van der Waals surface area (Å²) in [4.78, 5) is 3.97. The topological polar surface area (TPSA) is 67.6 Å². The van der Waals surface area contributed by atoms with Gasteiger partial charge >= 0.3 is 0 Å². The molecule has 1 aliphatic heterocycles. The Morgan fingerprint density at radius 2 is 2.06 bits per heavy atom. The van der Waals surface area contributed by atoms with Crippen LogP contribution in [-0.4, -0.2) is 11.2 Å². The smallest absolute Gasteiger partial charge is 0.166 e. The lowest BCUT2D eigenvalue weighted by Crippen LogP contribution is -2.56. The maximum atomic E-state index is 6.15. The van der Waals surface area contributed by atoms with E-state index in [0.29, 0.717) is 15.6 Å². The second kappa shape index (κ2) is 4.07. The van der Waals surface area contributed by atoms with Crippen LogP contribution in [0.25, 0.3) is 0 Å². The number of halogens is 2. The van der Waals surface area contributed by atoms with Crippen LogP contribution in [0.4, 0.5) is 0 Å². The summed E-state index contributed by atoms with van der Waals surface area (Å²) in [5.41, 5.74) is 5.69. The van der Waals surface area contributed by atoms with E-state index in [-0.39, 0.29) is 0 Å². The zero-order valence-corrected chi connectivity index (χ0v) is 9.78. The molecule has 1 heterocycles. The molecule has 1 aliphatic rings. The summed E-state index contributed by atoms with van der Waals surface area (Å²) >= 11 is 12.0. The van der Waals surface area contributed by atoms with Crippen LogP contribution < -0.4 is 11.6 Å². The summed E-state index contributed by atoms with van der Waals surface area (Å²) in [6.07, 6.45) is 4.63. The molecule has 0 saturated carbocycles. The number of nitrogens with zero attached hydrogens (tertiary/aromatic N) is 2. The largest absolute Gasteiger partial charge is 0.299 e. The maximum absolute atomic E-state index is 6.15. The fourth-order valence-electron chi connectivity index (χ4n) is 1.47. The van der Waals surface area contributed by atoms with E-state index in [1.807, 2.05) is 0 Å². The van der Waals surface area contributed by atoms with E-state index >= 15 is 0 Å². The monoisotopic (exact) mass is 256 g/mol. The highest BCUT2D eigenvalue weighted by atomic mass is 35.5. The third-order valence-corrected chi connectivity index (χ3v) is 2.94. The summed E-state index contributed by atoms with van der Waals surface area (Å²) in [5, 5.41) is 2.36. The molecular formula is C10H10Cl2N4. The zero-order valence-electron chi connectivity index (χ0n) is 8.27. The highest BCUT2D eigenvalue weighted by molar-refractivity contribution is 6.33.